The fourth-order valence-corrected chi connectivity index (χ4v) is 2.50. The van der Waals surface area contributed by atoms with Gasteiger partial charge in [0.2, 0.25) is 0 Å². The fourth-order valence-electron chi connectivity index (χ4n) is 1.69. The Morgan fingerprint density at radius 2 is 2.32 bits per heavy atom. The second kappa shape index (κ2) is 6.63. The number of nitriles is 1. The first-order chi connectivity index (χ1) is 9.24. The molecule has 0 radical (unpaired) electrons. The molecular formula is C15H18N2OS. The van der Waals surface area contributed by atoms with Gasteiger partial charge in [0, 0.05) is 10.5 Å². The lowest BCUT2D eigenvalue weighted by Gasteiger charge is -2.06. The Morgan fingerprint density at radius 3 is 2.95 bits per heavy atom. The highest BCUT2D eigenvalue weighted by Crippen LogP contribution is 2.29. The molecule has 1 fully saturated rings. The monoisotopic (exact) mass is 274 g/mol. The molecule has 1 aliphatic carbocycles. The highest BCUT2D eigenvalue weighted by Gasteiger charge is 2.22. The minimum absolute atomic E-state index is 0.360. The number of aryl methyl sites for hydroxylation is 1. The van der Waals surface area contributed by atoms with Crippen molar-refractivity contribution in [1.29, 1.82) is 5.26 Å². The molecule has 4 heteroatoms. The van der Waals surface area contributed by atoms with E-state index in [2.05, 4.69) is 25.1 Å². The van der Waals surface area contributed by atoms with Crippen molar-refractivity contribution >= 4 is 17.5 Å². The van der Waals surface area contributed by atoms with Gasteiger partial charge in [-0.05, 0) is 43.1 Å². The molecule has 0 amide bonds. The lowest BCUT2D eigenvalue weighted by atomic mass is 10.1. The zero-order valence-electron chi connectivity index (χ0n) is 11.3. The summed E-state index contributed by atoms with van der Waals surface area (Å²) >= 11 is 1.78. The Balaban J connectivity index is 2.12. The van der Waals surface area contributed by atoms with Crippen LogP contribution in [-0.4, -0.2) is 18.1 Å². The summed E-state index contributed by atoms with van der Waals surface area (Å²) in [6.45, 7) is 4.83. The van der Waals surface area contributed by atoms with E-state index in [-0.39, 0.29) is 0 Å². The van der Waals surface area contributed by atoms with E-state index < -0.39 is 0 Å². The van der Waals surface area contributed by atoms with Crippen molar-refractivity contribution in [3.8, 4) is 6.07 Å². The van der Waals surface area contributed by atoms with Crippen LogP contribution in [0.2, 0.25) is 0 Å². The average Bonchev–Trinajstić information content (AvgIpc) is 3.22. The fraction of sp³-hybridized carbons (Fsp3) is 0.467. The Morgan fingerprint density at radius 1 is 1.53 bits per heavy atom. The van der Waals surface area contributed by atoms with E-state index in [1.807, 2.05) is 18.2 Å². The van der Waals surface area contributed by atoms with E-state index in [0.717, 1.165) is 11.3 Å². The molecule has 0 saturated heterocycles. The van der Waals surface area contributed by atoms with E-state index in [9.17, 15) is 5.26 Å². The highest BCUT2D eigenvalue weighted by atomic mass is 32.2. The molecule has 0 unspecified atom stereocenters. The zero-order chi connectivity index (χ0) is 13.7. The molecule has 0 aliphatic heterocycles. The lowest BCUT2D eigenvalue weighted by molar-refractivity contribution is 0.134. The van der Waals surface area contributed by atoms with Crippen molar-refractivity contribution < 1.29 is 4.84 Å². The topological polar surface area (TPSA) is 45.4 Å². The summed E-state index contributed by atoms with van der Waals surface area (Å²) in [7, 11) is 0. The van der Waals surface area contributed by atoms with Crippen molar-refractivity contribution in [1.82, 2.24) is 0 Å². The molecular weight excluding hydrogens is 256 g/mol. The van der Waals surface area contributed by atoms with Gasteiger partial charge in [-0.15, -0.1) is 11.8 Å². The molecule has 1 saturated carbocycles. The van der Waals surface area contributed by atoms with Crippen molar-refractivity contribution in [2.75, 3.05) is 12.4 Å². The molecule has 1 aliphatic rings. The van der Waals surface area contributed by atoms with Gasteiger partial charge in [-0.25, -0.2) is 0 Å². The van der Waals surface area contributed by atoms with Crippen LogP contribution < -0.4 is 0 Å². The number of benzene rings is 1. The molecule has 2 rings (SSSR count). The molecule has 0 aromatic heterocycles. The van der Waals surface area contributed by atoms with Gasteiger partial charge in [0.05, 0.1) is 0 Å². The van der Waals surface area contributed by atoms with E-state index in [1.54, 1.807) is 11.8 Å². The molecule has 1 aromatic carbocycles. The van der Waals surface area contributed by atoms with Crippen molar-refractivity contribution in [3.05, 3.63) is 29.3 Å². The number of thioether (sulfide) groups is 1. The van der Waals surface area contributed by atoms with Gasteiger partial charge >= 0.3 is 0 Å². The third kappa shape index (κ3) is 4.00. The summed E-state index contributed by atoms with van der Waals surface area (Å²) in [6.07, 6.45) is 2.44. The van der Waals surface area contributed by atoms with Crippen LogP contribution >= 0.6 is 11.8 Å². The van der Waals surface area contributed by atoms with Crippen molar-refractivity contribution in [2.24, 2.45) is 11.1 Å². The number of hydrogen-bond acceptors (Lipinski definition) is 4. The van der Waals surface area contributed by atoms with E-state index in [0.29, 0.717) is 18.2 Å². The van der Waals surface area contributed by atoms with Crippen molar-refractivity contribution in [3.63, 3.8) is 0 Å². The smallest absolute Gasteiger partial charge is 0.186 e. The molecule has 100 valence electrons. The molecule has 0 heterocycles. The third-order valence-electron chi connectivity index (χ3n) is 3.03. The molecule has 0 bridgehead atoms. The summed E-state index contributed by atoms with van der Waals surface area (Å²) in [4.78, 5) is 6.45. The van der Waals surface area contributed by atoms with Crippen LogP contribution in [0.5, 0.6) is 0 Å². The first kappa shape index (κ1) is 14.0. The van der Waals surface area contributed by atoms with Crippen molar-refractivity contribution in [2.45, 2.75) is 31.6 Å². The summed E-state index contributed by atoms with van der Waals surface area (Å²) in [5.74, 6) is 1.66. The third-order valence-corrected chi connectivity index (χ3v) is 4.07. The lowest BCUT2D eigenvalue weighted by Crippen LogP contribution is -2.01. The van der Waals surface area contributed by atoms with Crippen LogP contribution in [0.15, 0.2) is 28.3 Å². The molecule has 0 spiro atoms. The van der Waals surface area contributed by atoms with Gasteiger partial charge in [0.25, 0.3) is 0 Å². The molecule has 1 aromatic rings. The summed E-state index contributed by atoms with van der Waals surface area (Å²) in [6, 6.07) is 8.09. The van der Waals surface area contributed by atoms with Gasteiger partial charge < -0.3 is 4.84 Å². The largest absolute Gasteiger partial charge is 0.394 e. The quantitative estimate of drug-likeness (QED) is 0.451. The molecule has 19 heavy (non-hydrogen) atoms. The Bertz CT molecular complexity index is 515. The maximum Gasteiger partial charge on any atom is 0.186 e. The van der Waals surface area contributed by atoms with Gasteiger partial charge in [-0.3, -0.25) is 0 Å². The molecule has 0 atom stereocenters. The number of hydrogen-bond donors (Lipinski definition) is 0. The number of rotatable bonds is 6. The van der Waals surface area contributed by atoms with Gasteiger partial charge in [-0.2, -0.15) is 5.26 Å². The average molecular weight is 274 g/mol. The Kier molecular flexibility index (Phi) is 4.86. The predicted molar refractivity (Wildman–Crippen MR) is 78.4 cm³/mol. The van der Waals surface area contributed by atoms with Crippen LogP contribution in [0.25, 0.3) is 0 Å². The first-order valence-electron chi connectivity index (χ1n) is 6.58. The summed E-state index contributed by atoms with van der Waals surface area (Å²) < 4.78 is 0. The normalized spacial score (nSPS) is 15.1. The number of nitrogens with zero attached hydrogens (tertiary/aromatic N) is 2. The Labute approximate surface area is 118 Å². The van der Waals surface area contributed by atoms with E-state index >= 15 is 0 Å². The first-order valence-corrected chi connectivity index (χ1v) is 7.57. The predicted octanol–water partition coefficient (Wildman–Crippen LogP) is 3.76. The van der Waals surface area contributed by atoms with Crippen LogP contribution in [-0.2, 0) is 4.84 Å². The van der Waals surface area contributed by atoms with Gasteiger partial charge in [-0.1, -0.05) is 24.2 Å². The van der Waals surface area contributed by atoms with Crippen LogP contribution in [0, 0.1) is 24.2 Å². The zero-order valence-corrected chi connectivity index (χ0v) is 12.2. The SMILES string of the molecule is CCSc1cc(/C(C#N)=N/OCC2CC2)ccc1C. The second-order valence-corrected chi connectivity index (χ2v) is 6.01. The molecule has 0 N–H and O–H groups in total. The highest BCUT2D eigenvalue weighted by molar-refractivity contribution is 7.99. The maximum absolute atomic E-state index is 9.18. The standard InChI is InChI=1S/C15H18N2OS/c1-3-19-15-8-13(7-4-11(15)2)14(9-16)17-18-10-12-5-6-12/h4,7-8,12H,3,5-6,10H2,1-2H3/b17-14+. The van der Waals surface area contributed by atoms with Crippen LogP contribution in [0.3, 0.4) is 0 Å². The number of oxime groups is 1. The second-order valence-electron chi connectivity index (χ2n) is 4.70. The van der Waals surface area contributed by atoms with Gasteiger partial charge in [0.1, 0.15) is 12.7 Å². The van der Waals surface area contributed by atoms with Gasteiger partial charge in [0.15, 0.2) is 5.71 Å². The summed E-state index contributed by atoms with van der Waals surface area (Å²) in [5.41, 5.74) is 2.42. The van der Waals surface area contributed by atoms with Crippen LogP contribution in [0.4, 0.5) is 0 Å². The van der Waals surface area contributed by atoms with Crippen LogP contribution in [0.1, 0.15) is 30.9 Å². The summed E-state index contributed by atoms with van der Waals surface area (Å²) in [5, 5.41) is 13.2. The molecule has 3 nitrogen and oxygen atoms in total. The minimum atomic E-state index is 0.360. The Hall–Kier alpha value is -1.47. The van der Waals surface area contributed by atoms with E-state index in [4.69, 9.17) is 4.84 Å². The minimum Gasteiger partial charge on any atom is -0.394 e. The maximum atomic E-state index is 9.18. The van der Waals surface area contributed by atoms with E-state index in [1.165, 1.54) is 23.3 Å².